The van der Waals surface area contributed by atoms with Gasteiger partial charge >= 0.3 is 0 Å². The standard InChI is InChI=1S/C13H11BN4O2.C12H11BN4O/c1-17-11(7-15-16-17)13(20)18-10-4-3-9(14)6-8(10)2-5-12(18)19;1-16-11(7-14-15-16)12(18)17-5-4-8-6-9(13)2-3-10(8)17/h3-4,6-7H,2,5H2,1H3;2-3,6-7H,4-5H2,1H3. The van der Waals surface area contributed by atoms with Gasteiger partial charge in [-0.1, -0.05) is 45.6 Å². The van der Waals surface area contributed by atoms with E-state index in [0.29, 0.717) is 29.8 Å². The molecule has 0 spiro atoms. The van der Waals surface area contributed by atoms with E-state index in [-0.39, 0.29) is 23.9 Å². The Morgan fingerprint density at radius 2 is 1.32 bits per heavy atom. The van der Waals surface area contributed by atoms with Gasteiger partial charge in [-0.15, -0.1) is 10.2 Å². The molecule has 0 atom stereocenters. The van der Waals surface area contributed by atoms with E-state index in [9.17, 15) is 14.4 Å². The molecule has 186 valence electrons. The number of hydrogen-bond donors (Lipinski definition) is 0. The normalized spacial score (nSPS) is 14.0. The minimum Gasteiger partial charge on any atom is -0.306 e. The van der Waals surface area contributed by atoms with Crippen LogP contribution in [0.2, 0.25) is 0 Å². The first-order valence-corrected chi connectivity index (χ1v) is 11.9. The van der Waals surface area contributed by atoms with Gasteiger partial charge in [-0.25, -0.2) is 14.3 Å². The van der Waals surface area contributed by atoms with Crippen molar-refractivity contribution in [3.05, 3.63) is 71.3 Å². The number of imide groups is 1. The first kappa shape index (κ1) is 25.1. The molecular weight excluding hydrogens is 482 g/mol. The van der Waals surface area contributed by atoms with E-state index in [0.717, 1.165) is 28.7 Å². The van der Waals surface area contributed by atoms with E-state index < -0.39 is 5.91 Å². The van der Waals surface area contributed by atoms with Crippen LogP contribution in [0.5, 0.6) is 0 Å². The lowest BCUT2D eigenvalue weighted by Gasteiger charge is -2.27. The average Bonchev–Trinajstić information content (AvgIpc) is 3.63. The second-order valence-corrected chi connectivity index (χ2v) is 9.00. The number of rotatable bonds is 2. The molecular formula is C25H22B2N8O3. The summed E-state index contributed by atoms with van der Waals surface area (Å²) in [4.78, 5) is 39.9. The topological polar surface area (TPSA) is 119 Å². The van der Waals surface area contributed by atoms with Crippen molar-refractivity contribution >= 4 is 55.7 Å². The Labute approximate surface area is 221 Å². The van der Waals surface area contributed by atoms with Crippen molar-refractivity contribution in [3.63, 3.8) is 0 Å². The smallest absolute Gasteiger partial charge is 0.284 e. The first-order valence-electron chi connectivity index (χ1n) is 11.9. The maximum atomic E-state index is 12.5. The number of aromatic nitrogens is 6. The monoisotopic (exact) mass is 504 g/mol. The molecule has 3 amide bonds. The summed E-state index contributed by atoms with van der Waals surface area (Å²) in [5, 5.41) is 14.9. The minimum absolute atomic E-state index is 0.0778. The highest BCUT2D eigenvalue weighted by atomic mass is 16.2. The Hall–Kier alpha value is -4.54. The van der Waals surface area contributed by atoms with Crippen molar-refractivity contribution in [2.75, 3.05) is 16.3 Å². The molecule has 4 aromatic rings. The van der Waals surface area contributed by atoms with Gasteiger partial charge in [-0.3, -0.25) is 14.4 Å². The minimum atomic E-state index is -0.423. The SMILES string of the molecule is [B]c1ccc2c(c1)CCC(=O)N2C(=O)c1cnnn1C.[B]c1ccc2c(c1)CCN2C(=O)c1cnnn1C. The number of nitrogens with zero attached hydrogens (tertiary/aromatic N) is 8. The molecule has 0 saturated carbocycles. The third-order valence-electron chi connectivity index (χ3n) is 6.52. The summed E-state index contributed by atoms with van der Waals surface area (Å²) in [6.45, 7) is 0.669. The molecule has 0 N–H and O–H groups in total. The van der Waals surface area contributed by atoms with Crippen molar-refractivity contribution < 1.29 is 14.4 Å². The van der Waals surface area contributed by atoms with Crippen LogP contribution in [0.25, 0.3) is 0 Å². The lowest BCUT2D eigenvalue weighted by atomic mass is 9.90. The fraction of sp³-hybridized carbons (Fsp3) is 0.240. The molecule has 0 unspecified atom stereocenters. The highest BCUT2D eigenvalue weighted by molar-refractivity contribution is 6.33. The van der Waals surface area contributed by atoms with Crippen LogP contribution in [0.15, 0.2) is 48.8 Å². The number of fused-ring (bicyclic) bond motifs is 2. The predicted molar refractivity (Wildman–Crippen MR) is 141 cm³/mol. The van der Waals surface area contributed by atoms with Crippen molar-refractivity contribution in [2.24, 2.45) is 14.1 Å². The zero-order valence-electron chi connectivity index (χ0n) is 20.9. The van der Waals surface area contributed by atoms with Crippen LogP contribution in [0.1, 0.15) is 38.5 Å². The molecule has 13 heteroatoms. The summed E-state index contributed by atoms with van der Waals surface area (Å²) in [5.41, 5.74) is 5.62. The van der Waals surface area contributed by atoms with E-state index in [2.05, 4.69) is 20.6 Å². The van der Waals surface area contributed by atoms with Gasteiger partial charge in [-0.05, 0) is 36.1 Å². The lowest BCUT2D eigenvalue weighted by molar-refractivity contribution is -0.118. The fourth-order valence-corrected chi connectivity index (χ4v) is 4.59. The largest absolute Gasteiger partial charge is 0.306 e. The Balaban J connectivity index is 0.000000156. The molecule has 0 aliphatic carbocycles. The molecule has 4 radical (unpaired) electrons. The molecule has 2 aromatic carbocycles. The van der Waals surface area contributed by atoms with E-state index in [1.54, 1.807) is 37.2 Å². The lowest BCUT2D eigenvalue weighted by Crippen LogP contribution is -2.41. The van der Waals surface area contributed by atoms with Gasteiger partial charge in [0.05, 0.1) is 18.1 Å². The zero-order valence-corrected chi connectivity index (χ0v) is 20.9. The summed E-state index contributed by atoms with van der Waals surface area (Å²) >= 11 is 0. The fourth-order valence-electron chi connectivity index (χ4n) is 4.59. The highest BCUT2D eigenvalue weighted by Gasteiger charge is 2.32. The predicted octanol–water partition coefficient (Wildman–Crippen LogP) is -0.460. The van der Waals surface area contributed by atoms with Crippen molar-refractivity contribution in [3.8, 4) is 0 Å². The summed E-state index contributed by atoms with van der Waals surface area (Å²) in [7, 11) is 14.8. The van der Waals surface area contributed by atoms with E-state index in [1.807, 2.05) is 18.2 Å². The second-order valence-electron chi connectivity index (χ2n) is 9.00. The summed E-state index contributed by atoms with van der Waals surface area (Å²) < 4.78 is 2.83. The average molecular weight is 504 g/mol. The van der Waals surface area contributed by atoms with E-state index in [1.165, 1.54) is 26.7 Å². The molecule has 4 heterocycles. The Kier molecular flexibility index (Phi) is 6.66. The van der Waals surface area contributed by atoms with Gasteiger partial charge in [0, 0.05) is 32.7 Å². The maximum absolute atomic E-state index is 12.5. The van der Waals surface area contributed by atoms with Gasteiger partial charge in [0.1, 0.15) is 27.1 Å². The zero-order chi connectivity index (χ0) is 27.0. The third-order valence-corrected chi connectivity index (χ3v) is 6.52. The molecule has 2 aliphatic rings. The van der Waals surface area contributed by atoms with Gasteiger partial charge in [-0.2, -0.15) is 0 Å². The molecule has 0 fully saturated rings. The maximum Gasteiger partial charge on any atom is 0.284 e. The number of benzene rings is 2. The van der Waals surface area contributed by atoms with Crippen molar-refractivity contribution in [2.45, 2.75) is 19.3 Å². The van der Waals surface area contributed by atoms with Crippen LogP contribution in [-0.2, 0) is 31.7 Å². The van der Waals surface area contributed by atoms with Crippen LogP contribution in [-0.4, -0.2) is 69.9 Å². The van der Waals surface area contributed by atoms with Crippen molar-refractivity contribution in [1.29, 1.82) is 0 Å². The number of carbonyl (C=O) groups is 3. The van der Waals surface area contributed by atoms with Gasteiger partial charge in [0.15, 0.2) is 0 Å². The molecule has 11 nitrogen and oxygen atoms in total. The summed E-state index contributed by atoms with van der Waals surface area (Å²) in [6, 6.07) is 10.8. The second kappa shape index (κ2) is 10.1. The Morgan fingerprint density at radius 3 is 1.89 bits per heavy atom. The number of aryl methyl sites for hydroxylation is 3. The molecule has 0 saturated heterocycles. The molecule has 2 aliphatic heterocycles. The number of hydrogen-bond acceptors (Lipinski definition) is 7. The summed E-state index contributed by atoms with van der Waals surface area (Å²) in [6.07, 6.45) is 4.54. The number of anilines is 2. The molecule has 38 heavy (non-hydrogen) atoms. The van der Waals surface area contributed by atoms with Gasteiger partial charge in [0.25, 0.3) is 11.8 Å². The van der Waals surface area contributed by atoms with Crippen LogP contribution in [0, 0.1) is 0 Å². The molecule has 0 bridgehead atoms. The Bertz CT molecular complexity index is 1560. The highest BCUT2D eigenvalue weighted by Crippen LogP contribution is 2.29. The van der Waals surface area contributed by atoms with Gasteiger partial charge < -0.3 is 4.90 Å². The first-order chi connectivity index (χ1) is 18.2. The Morgan fingerprint density at radius 1 is 0.763 bits per heavy atom. The quantitative estimate of drug-likeness (QED) is 0.268. The molecule has 2 aromatic heterocycles. The third kappa shape index (κ3) is 4.62. The van der Waals surface area contributed by atoms with E-state index >= 15 is 0 Å². The van der Waals surface area contributed by atoms with Gasteiger partial charge in [0.2, 0.25) is 5.91 Å². The summed E-state index contributed by atoms with van der Waals surface area (Å²) in [5.74, 6) is -0.729. The number of amides is 3. The van der Waals surface area contributed by atoms with Crippen molar-refractivity contribution in [1.82, 2.24) is 30.0 Å². The van der Waals surface area contributed by atoms with Crippen LogP contribution < -0.4 is 20.7 Å². The van der Waals surface area contributed by atoms with Crippen LogP contribution in [0.3, 0.4) is 0 Å². The number of carbonyl (C=O) groups excluding carboxylic acids is 3. The van der Waals surface area contributed by atoms with E-state index in [4.69, 9.17) is 15.7 Å². The molecule has 6 rings (SSSR count). The van der Waals surface area contributed by atoms with Crippen LogP contribution in [0.4, 0.5) is 11.4 Å². The van der Waals surface area contributed by atoms with Crippen LogP contribution >= 0.6 is 0 Å².